The van der Waals surface area contributed by atoms with Gasteiger partial charge in [0.05, 0.1) is 0 Å². The maximum absolute atomic E-state index is 11.7. The smallest absolute Gasteiger partial charge is 0.407 e. The van der Waals surface area contributed by atoms with Crippen LogP contribution in [0.5, 0.6) is 0 Å². The maximum atomic E-state index is 11.7. The standard InChI is InChI=1S/C12H25N3O2/c1-12(2,3)17-11(16)14-10-5-6-15(4)8-9(10)7-13/h9-10H,5-8,13H2,1-4H3,(H,14,16)/t9-,10+/m0/s1. The number of alkyl carbamates (subject to hydrolysis) is 1. The number of nitrogens with one attached hydrogen (secondary N) is 1. The van der Waals surface area contributed by atoms with Crippen molar-refractivity contribution in [2.24, 2.45) is 11.7 Å². The van der Waals surface area contributed by atoms with Crippen LogP contribution >= 0.6 is 0 Å². The van der Waals surface area contributed by atoms with Gasteiger partial charge in [0.25, 0.3) is 0 Å². The molecule has 0 aliphatic carbocycles. The molecular weight excluding hydrogens is 218 g/mol. The Morgan fingerprint density at radius 1 is 1.53 bits per heavy atom. The first-order valence-electron chi connectivity index (χ1n) is 6.20. The molecule has 100 valence electrons. The number of hydrogen-bond donors (Lipinski definition) is 2. The predicted molar refractivity (Wildman–Crippen MR) is 67.8 cm³/mol. The monoisotopic (exact) mass is 243 g/mol. The summed E-state index contributed by atoms with van der Waals surface area (Å²) in [6, 6.07) is 0.131. The zero-order chi connectivity index (χ0) is 13.1. The molecule has 0 spiro atoms. The Balaban J connectivity index is 2.47. The van der Waals surface area contributed by atoms with Crippen molar-refractivity contribution in [1.29, 1.82) is 0 Å². The molecule has 0 radical (unpaired) electrons. The van der Waals surface area contributed by atoms with Gasteiger partial charge in [-0.15, -0.1) is 0 Å². The molecule has 0 bridgehead atoms. The minimum atomic E-state index is -0.451. The molecule has 0 aromatic carbocycles. The number of amides is 1. The minimum absolute atomic E-state index is 0.131. The Bertz CT molecular complexity index is 263. The van der Waals surface area contributed by atoms with Crippen molar-refractivity contribution in [2.45, 2.75) is 38.8 Å². The van der Waals surface area contributed by atoms with Crippen LogP contribution in [-0.4, -0.2) is 49.3 Å². The molecule has 5 nitrogen and oxygen atoms in total. The molecule has 0 aromatic heterocycles. The van der Waals surface area contributed by atoms with Crippen molar-refractivity contribution in [3.05, 3.63) is 0 Å². The van der Waals surface area contributed by atoms with Crippen molar-refractivity contribution < 1.29 is 9.53 Å². The van der Waals surface area contributed by atoms with Gasteiger partial charge in [-0.2, -0.15) is 0 Å². The zero-order valence-electron chi connectivity index (χ0n) is 11.3. The van der Waals surface area contributed by atoms with E-state index in [1.54, 1.807) is 0 Å². The number of likely N-dealkylation sites (tertiary alicyclic amines) is 1. The van der Waals surface area contributed by atoms with Gasteiger partial charge in [0.2, 0.25) is 0 Å². The first-order chi connectivity index (χ1) is 7.81. The van der Waals surface area contributed by atoms with Gasteiger partial charge in [-0.3, -0.25) is 0 Å². The molecule has 2 atom stereocenters. The van der Waals surface area contributed by atoms with Gasteiger partial charge in [0, 0.05) is 18.5 Å². The Morgan fingerprint density at radius 2 is 2.18 bits per heavy atom. The topological polar surface area (TPSA) is 67.6 Å². The van der Waals surface area contributed by atoms with Crippen LogP contribution in [0.4, 0.5) is 4.79 Å². The molecule has 0 unspecified atom stereocenters. The van der Waals surface area contributed by atoms with Gasteiger partial charge < -0.3 is 20.7 Å². The molecule has 3 N–H and O–H groups in total. The maximum Gasteiger partial charge on any atom is 0.407 e. The highest BCUT2D eigenvalue weighted by molar-refractivity contribution is 5.68. The van der Waals surface area contributed by atoms with Crippen LogP contribution in [0.1, 0.15) is 27.2 Å². The molecule has 1 aliphatic rings. The molecule has 1 fully saturated rings. The van der Waals surface area contributed by atoms with Crippen LogP contribution in [-0.2, 0) is 4.74 Å². The SMILES string of the molecule is CN1CC[C@@H](NC(=O)OC(C)(C)C)[C@@H](CN)C1. The third-order valence-corrected chi connectivity index (χ3v) is 2.94. The fourth-order valence-corrected chi connectivity index (χ4v) is 2.10. The minimum Gasteiger partial charge on any atom is -0.444 e. The predicted octanol–water partition coefficient (Wildman–Crippen LogP) is 0.790. The summed E-state index contributed by atoms with van der Waals surface area (Å²) in [4.78, 5) is 13.9. The molecule has 1 saturated heterocycles. The van der Waals surface area contributed by atoms with Crippen LogP contribution in [0.3, 0.4) is 0 Å². The molecule has 0 aromatic rings. The van der Waals surface area contributed by atoms with E-state index in [0.717, 1.165) is 19.5 Å². The number of nitrogens with zero attached hydrogens (tertiary/aromatic N) is 1. The lowest BCUT2D eigenvalue weighted by Crippen LogP contribution is -2.53. The Hall–Kier alpha value is -0.810. The second-order valence-corrected chi connectivity index (χ2v) is 5.80. The van der Waals surface area contributed by atoms with E-state index in [-0.39, 0.29) is 12.1 Å². The van der Waals surface area contributed by atoms with E-state index in [1.807, 2.05) is 20.8 Å². The van der Waals surface area contributed by atoms with Gasteiger partial charge in [-0.05, 0) is 47.3 Å². The van der Waals surface area contributed by atoms with Crippen molar-refractivity contribution in [3.8, 4) is 0 Å². The quantitative estimate of drug-likeness (QED) is 0.752. The average molecular weight is 243 g/mol. The number of ether oxygens (including phenoxy) is 1. The average Bonchev–Trinajstić information content (AvgIpc) is 2.17. The van der Waals surface area contributed by atoms with Gasteiger partial charge in [-0.25, -0.2) is 4.79 Å². The van der Waals surface area contributed by atoms with E-state index in [1.165, 1.54) is 0 Å². The van der Waals surface area contributed by atoms with E-state index in [9.17, 15) is 4.79 Å². The van der Waals surface area contributed by atoms with Gasteiger partial charge in [-0.1, -0.05) is 0 Å². The summed E-state index contributed by atoms with van der Waals surface area (Å²) in [5.74, 6) is 0.307. The van der Waals surface area contributed by atoms with E-state index >= 15 is 0 Å². The van der Waals surface area contributed by atoms with Crippen LogP contribution in [0.25, 0.3) is 0 Å². The lowest BCUT2D eigenvalue weighted by atomic mass is 9.92. The van der Waals surface area contributed by atoms with Gasteiger partial charge in [0.1, 0.15) is 5.60 Å². The van der Waals surface area contributed by atoms with Gasteiger partial charge in [0.15, 0.2) is 0 Å². The van der Waals surface area contributed by atoms with Crippen molar-refractivity contribution >= 4 is 6.09 Å². The summed E-state index contributed by atoms with van der Waals surface area (Å²) >= 11 is 0. The number of nitrogens with two attached hydrogens (primary N) is 1. The first-order valence-corrected chi connectivity index (χ1v) is 6.20. The van der Waals surface area contributed by atoms with E-state index in [0.29, 0.717) is 12.5 Å². The fraction of sp³-hybridized carbons (Fsp3) is 0.917. The summed E-state index contributed by atoms with van der Waals surface area (Å²) in [5, 5.41) is 2.93. The number of hydrogen-bond acceptors (Lipinski definition) is 4. The van der Waals surface area contributed by atoms with Crippen molar-refractivity contribution in [2.75, 3.05) is 26.7 Å². The molecule has 1 aliphatic heterocycles. The third-order valence-electron chi connectivity index (χ3n) is 2.94. The summed E-state index contributed by atoms with van der Waals surface area (Å²) < 4.78 is 5.26. The second kappa shape index (κ2) is 5.69. The largest absolute Gasteiger partial charge is 0.444 e. The summed E-state index contributed by atoms with van der Waals surface area (Å²) in [6.45, 7) is 8.09. The van der Waals surface area contributed by atoms with E-state index in [4.69, 9.17) is 10.5 Å². The Labute approximate surface area is 104 Å². The third kappa shape index (κ3) is 4.91. The van der Waals surface area contributed by atoms with Crippen LogP contribution in [0.2, 0.25) is 0 Å². The highest BCUT2D eigenvalue weighted by atomic mass is 16.6. The first kappa shape index (κ1) is 14.3. The zero-order valence-corrected chi connectivity index (χ0v) is 11.3. The summed E-state index contributed by atoms with van der Waals surface area (Å²) in [7, 11) is 2.08. The molecule has 1 rings (SSSR count). The lowest BCUT2D eigenvalue weighted by Gasteiger charge is -2.36. The van der Waals surface area contributed by atoms with Crippen LogP contribution in [0, 0.1) is 5.92 Å². The number of piperidine rings is 1. The highest BCUT2D eigenvalue weighted by Crippen LogP contribution is 2.16. The summed E-state index contributed by atoms with van der Waals surface area (Å²) in [6.07, 6.45) is 0.586. The summed E-state index contributed by atoms with van der Waals surface area (Å²) in [5.41, 5.74) is 5.29. The molecule has 1 heterocycles. The molecule has 1 amide bonds. The fourth-order valence-electron chi connectivity index (χ4n) is 2.10. The Kier molecular flexibility index (Phi) is 4.77. The molecule has 5 heteroatoms. The Morgan fingerprint density at radius 3 is 2.71 bits per heavy atom. The lowest BCUT2D eigenvalue weighted by molar-refractivity contribution is 0.0449. The van der Waals surface area contributed by atoms with Crippen LogP contribution in [0.15, 0.2) is 0 Å². The van der Waals surface area contributed by atoms with E-state index < -0.39 is 5.60 Å². The number of carbonyl (C=O) groups excluding carboxylic acids is 1. The molecule has 17 heavy (non-hydrogen) atoms. The number of carbonyl (C=O) groups is 1. The highest BCUT2D eigenvalue weighted by Gasteiger charge is 2.29. The molecule has 0 saturated carbocycles. The van der Waals surface area contributed by atoms with E-state index in [2.05, 4.69) is 17.3 Å². The number of rotatable bonds is 2. The van der Waals surface area contributed by atoms with Gasteiger partial charge >= 0.3 is 6.09 Å². The normalized spacial score (nSPS) is 26.6. The molecular formula is C12H25N3O2. The second-order valence-electron chi connectivity index (χ2n) is 5.80. The van der Waals surface area contributed by atoms with Crippen LogP contribution < -0.4 is 11.1 Å². The van der Waals surface area contributed by atoms with Crippen molar-refractivity contribution in [1.82, 2.24) is 10.2 Å². The van der Waals surface area contributed by atoms with Crippen molar-refractivity contribution in [3.63, 3.8) is 0 Å².